The van der Waals surface area contributed by atoms with E-state index in [1.54, 1.807) is 6.92 Å². The lowest BCUT2D eigenvalue weighted by Gasteiger charge is -2.18. The molecule has 0 unspecified atom stereocenters. The highest BCUT2D eigenvalue weighted by Crippen LogP contribution is 2.33. The van der Waals surface area contributed by atoms with Crippen molar-refractivity contribution < 1.29 is 14.9 Å². The third-order valence-corrected chi connectivity index (χ3v) is 3.63. The Kier molecular flexibility index (Phi) is 3.71. The van der Waals surface area contributed by atoms with E-state index in [0.29, 0.717) is 0 Å². The molecule has 100 valence electrons. The Bertz CT molecular complexity index is 554. The lowest BCUT2D eigenvalue weighted by molar-refractivity contribution is -0.0477. The van der Waals surface area contributed by atoms with Gasteiger partial charge in [-0.2, -0.15) is 0 Å². The fourth-order valence-corrected chi connectivity index (χ4v) is 2.33. The summed E-state index contributed by atoms with van der Waals surface area (Å²) >= 11 is 3.02. The Morgan fingerprint density at radius 3 is 2.78 bits per heavy atom. The monoisotopic (exact) mass is 320 g/mol. The zero-order valence-corrected chi connectivity index (χ0v) is 11.1. The first kappa shape index (κ1) is 13.5. The van der Waals surface area contributed by atoms with Gasteiger partial charge in [-0.3, -0.25) is 14.3 Å². The van der Waals surface area contributed by atoms with Crippen molar-refractivity contribution in [3.05, 3.63) is 31.5 Å². The van der Waals surface area contributed by atoms with Gasteiger partial charge in [-0.25, -0.2) is 4.79 Å². The average Bonchev–Trinajstić information content (AvgIpc) is 2.61. The molecule has 4 atom stereocenters. The number of aliphatic hydroxyl groups excluding tert-OH is 2. The molecule has 2 heterocycles. The number of hydrogen-bond acceptors (Lipinski definition) is 5. The summed E-state index contributed by atoms with van der Waals surface area (Å²) in [5, 5.41) is 18.9. The van der Waals surface area contributed by atoms with Gasteiger partial charge < -0.3 is 14.9 Å². The molecule has 0 amide bonds. The first-order chi connectivity index (χ1) is 8.45. The van der Waals surface area contributed by atoms with Crippen LogP contribution in [0.15, 0.2) is 20.3 Å². The molecule has 0 bridgehead atoms. The molecular weight excluding hydrogens is 308 g/mol. The van der Waals surface area contributed by atoms with Gasteiger partial charge in [0, 0.05) is 12.1 Å². The second kappa shape index (κ2) is 4.96. The van der Waals surface area contributed by atoms with E-state index in [1.807, 2.05) is 0 Å². The predicted molar refractivity (Wildman–Crippen MR) is 65.2 cm³/mol. The van der Waals surface area contributed by atoms with Gasteiger partial charge in [-0.05, 0) is 15.9 Å². The number of aromatic nitrogens is 2. The number of nitrogens with zero attached hydrogens (tertiary/aromatic N) is 1. The summed E-state index contributed by atoms with van der Waals surface area (Å²) < 4.78 is 6.80. The number of rotatable bonds is 2. The number of halogens is 1. The van der Waals surface area contributed by atoms with Gasteiger partial charge in [0.2, 0.25) is 0 Å². The Balaban J connectivity index is 2.42. The van der Waals surface area contributed by atoms with E-state index < -0.39 is 29.7 Å². The standard InChI is InChI=1S/C10H13BrN2O5/c1-4-7(15)6(3-14)18-9(4)13-2-5(11)8(16)12-10(13)17/h2,4,6-7,9,14-15H,3H2,1H3,(H,12,16,17)/t4-,6-,7+,9-/m1/s1. The van der Waals surface area contributed by atoms with Gasteiger partial charge in [0.15, 0.2) is 0 Å². The number of nitrogens with one attached hydrogen (secondary N) is 1. The van der Waals surface area contributed by atoms with E-state index in [-0.39, 0.29) is 17.0 Å². The van der Waals surface area contributed by atoms with Gasteiger partial charge in [0.05, 0.1) is 17.2 Å². The zero-order valence-electron chi connectivity index (χ0n) is 9.54. The molecule has 8 heteroatoms. The Labute approximate surface area is 110 Å². The fraction of sp³-hybridized carbons (Fsp3) is 0.600. The number of hydrogen-bond donors (Lipinski definition) is 3. The normalized spacial score (nSPS) is 31.8. The molecule has 0 radical (unpaired) electrons. The zero-order chi connectivity index (χ0) is 13.4. The molecule has 2 rings (SSSR count). The van der Waals surface area contributed by atoms with Crippen LogP contribution in [0.2, 0.25) is 0 Å². The number of aromatic amines is 1. The SMILES string of the molecule is C[C@@H]1[C@H](O)[C@@H](CO)O[C@H]1n1cc(Br)c(=O)[nH]c1=O. The molecule has 1 aliphatic heterocycles. The van der Waals surface area contributed by atoms with Crippen LogP contribution in [0.5, 0.6) is 0 Å². The molecule has 0 spiro atoms. The van der Waals surface area contributed by atoms with Crippen molar-refractivity contribution in [2.24, 2.45) is 5.92 Å². The van der Waals surface area contributed by atoms with Crippen LogP contribution in [0.4, 0.5) is 0 Å². The predicted octanol–water partition coefficient (Wildman–Crippen LogP) is -0.814. The molecule has 1 aliphatic rings. The smallest absolute Gasteiger partial charge is 0.330 e. The maximum atomic E-state index is 11.7. The molecule has 7 nitrogen and oxygen atoms in total. The second-order valence-electron chi connectivity index (χ2n) is 4.24. The first-order valence-corrected chi connectivity index (χ1v) is 6.20. The number of aliphatic hydroxyl groups is 2. The van der Waals surface area contributed by atoms with Crippen LogP contribution >= 0.6 is 15.9 Å². The maximum Gasteiger partial charge on any atom is 0.330 e. The minimum absolute atomic E-state index is 0.194. The molecule has 3 N–H and O–H groups in total. The van der Waals surface area contributed by atoms with Crippen LogP contribution in [-0.4, -0.2) is 38.6 Å². The average molecular weight is 321 g/mol. The van der Waals surface area contributed by atoms with E-state index in [0.717, 1.165) is 0 Å². The molecular formula is C10H13BrN2O5. The van der Waals surface area contributed by atoms with Crippen molar-refractivity contribution in [2.75, 3.05) is 6.61 Å². The van der Waals surface area contributed by atoms with Crippen LogP contribution in [0, 0.1) is 5.92 Å². The Hall–Kier alpha value is -0.960. The largest absolute Gasteiger partial charge is 0.394 e. The Morgan fingerprint density at radius 2 is 2.22 bits per heavy atom. The van der Waals surface area contributed by atoms with E-state index >= 15 is 0 Å². The minimum atomic E-state index is -0.863. The molecule has 0 saturated carbocycles. The fourth-order valence-electron chi connectivity index (χ4n) is 2.01. The van der Waals surface area contributed by atoms with Crippen molar-refractivity contribution in [2.45, 2.75) is 25.4 Å². The summed E-state index contributed by atoms with van der Waals surface area (Å²) in [7, 11) is 0. The molecule has 1 saturated heterocycles. The molecule has 0 aliphatic carbocycles. The minimum Gasteiger partial charge on any atom is -0.394 e. The van der Waals surface area contributed by atoms with Gasteiger partial charge in [-0.15, -0.1) is 0 Å². The molecule has 1 aromatic rings. The third kappa shape index (κ3) is 2.16. The third-order valence-electron chi connectivity index (χ3n) is 3.06. The van der Waals surface area contributed by atoms with E-state index in [9.17, 15) is 14.7 Å². The first-order valence-electron chi connectivity index (χ1n) is 5.41. The summed E-state index contributed by atoms with van der Waals surface area (Å²) in [5.74, 6) is -0.377. The van der Waals surface area contributed by atoms with Crippen molar-refractivity contribution in [3.8, 4) is 0 Å². The van der Waals surface area contributed by atoms with Gasteiger partial charge >= 0.3 is 5.69 Å². The summed E-state index contributed by atoms with van der Waals surface area (Å²) in [6, 6.07) is 0. The summed E-state index contributed by atoms with van der Waals surface area (Å²) in [6.45, 7) is 1.37. The van der Waals surface area contributed by atoms with Crippen LogP contribution in [0.1, 0.15) is 13.2 Å². The highest BCUT2D eigenvalue weighted by atomic mass is 79.9. The molecule has 1 fully saturated rings. The second-order valence-corrected chi connectivity index (χ2v) is 5.10. The van der Waals surface area contributed by atoms with Gasteiger partial charge in [-0.1, -0.05) is 6.92 Å². The summed E-state index contributed by atoms with van der Waals surface area (Å²) in [4.78, 5) is 25.0. The molecule has 0 aromatic carbocycles. The van der Waals surface area contributed by atoms with Crippen molar-refractivity contribution in [1.82, 2.24) is 9.55 Å². The lowest BCUT2D eigenvalue weighted by atomic mass is 10.0. The van der Waals surface area contributed by atoms with Crippen LogP contribution < -0.4 is 11.2 Å². The maximum absolute atomic E-state index is 11.7. The van der Waals surface area contributed by atoms with Gasteiger partial charge in [0.1, 0.15) is 12.3 Å². The van der Waals surface area contributed by atoms with Crippen LogP contribution in [-0.2, 0) is 4.74 Å². The number of H-pyrrole nitrogens is 1. The highest BCUT2D eigenvalue weighted by molar-refractivity contribution is 9.10. The van der Waals surface area contributed by atoms with E-state index in [1.165, 1.54) is 10.8 Å². The molecule has 18 heavy (non-hydrogen) atoms. The van der Waals surface area contributed by atoms with E-state index in [2.05, 4.69) is 20.9 Å². The summed E-state index contributed by atoms with van der Waals surface area (Å²) in [5.41, 5.74) is -1.15. The van der Waals surface area contributed by atoms with E-state index in [4.69, 9.17) is 9.84 Å². The lowest BCUT2D eigenvalue weighted by Crippen LogP contribution is -2.34. The quantitative estimate of drug-likeness (QED) is 0.661. The van der Waals surface area contributed by atoms with Crippen molar-refractivity contribution >= 4 is 15.9 Å². The van der Waals surface area contributed by atoms with Crippen molar-refractivity contribution in [1.29, 1.82) is 0 Å². The highest BCUT2D eigenvalue weighted by Gasteiger charge is 2.41. The topological polar surface area (TPSA) is 105 Å². The van der Waals surface area contributed by atoms with Crippen LogP contribution in [0.3, 0.4) is 0 Å². The van der Waals surface area contributed by atoms with Gasteiger partial charge in [0.25, 0.3) is 5.56 Å². The van der Waals surface area contributed by atoms with Crippen molar-refractivity contribution in [3.63, 3.8) is 0 Å². The number of ether oxygens (including phenoxy) is 1. The van der Waals surface area contributed by atoms with Crippen LogP contribution in [0.25, 0.3) is 0 Å². The summed E-state index contributed by atoms with van der Waals surface area (Å²) in [6.07, 6.45) is -1.01. The molecule has 1 aromatic heterocycles. The Morgan fingerprint density at radius 1 is 1.56 bits per heavy atom.